The highest BCUT2D eigenvalue weighted by molar-refractivity contribution is 4.88. The molecule has 1 heteroatoms. The zero-order valence-electron chi connectivity index (χ0n) is 10.0. The first-order valence-corrected chi connectivity index (χ1v) is 6.06. The molecular weight excluding hydrogens is 170 g/mol. The van der Waals surface area contributed by atoms with E-state index in [-0.39, 0.29) is 0 Å². The molecule has 0 saturated heterocycles. The van der Waals surface area contributed by atoms with Crippen molar-refractivity contribution < 1.29 is 0 Å². The van der Waals surface area contributed by atoms with E-state index in [1.54, 1.807) is 0 Å². The summed E-state index contributed by atoms with van der Waals surface area (Å²) >= 11 is 0. The summed E-state index contributed by atoms with van der Waals surface area (Å²) in [6.45, 7) is 8.22. The second-order valence-electron chi connectivity index (χ2n) is 4.46. The molecule has 0 saturated carbocycles. The smallest absolute Gasteiger partial charge is 0.00418 e. The topological polar surface area (TPSA) is 26.0 Å². The van der Waals surface area contributed by atoms with E-state index in [1.807, 2.05) is 0 Å². The van der Waals surface area contributed by atoms with Gasteiger partial charge in [0, 0.05) is 6.04 Å². The minimum atomic E-state index is 0.397. The Morgan fingerprint density at radius 1 is 1.14 bits per heavy atom. The van der Waals surface area contributed by atoms with E-state index < -0.39 is 0 Å². The third-order valence-electron chi connectivity index (χ3n) is 2.62. The molecule has 0 radical (unpaired) electrons. The Hall–Kier alpha value is -0.300. The predicted octanol–water partition coefficient (Wildman–Crippen LogP) is 4.03. The van der Waals surface area contributed by atoms with E-state index in [0.29, 0.717) is 6.04 Å². The van der Waals surface area contributed by atoms with E-state index in [4.69, 9.17) is 5.73 Å². The van der Waals surface area contributed by atoms with Crippen molar-refractivity contribution in [2.24, 2.45) is 5.73 Å². The Balaban J connectivity index is 3.18. The first-order valence-electron chi connectivity index (χ1n) is 6.06. The Morgan fingerprint density at radius 2 is 1.79 bits per heavy atom. The Bertz CT molecular complexity index is 140. The van der Waals surface area contributed by atoms with Crippen molar-refractivity contribution in [3.8, 4) is 0 Å². The summed E-state index contributed by atoms with van der Waals surface area (Å²) in [5.41, 5.74) is 7.25. The molecule has 2 N–H and O–H groups in total. The van der Waals surface area contributed by atoms with Gasteiger partial charge in [0.05, 0.1) is 0 Å². The van der Waals surface area contributed by atoms with Gasteiger partial charge in [-0.05, 0) is 26.2 Å². The Labute approximate surface area is 89.8 Å². The number of nitrogens with two attached hydrogens (primary N) is 1. The van der Waals surface area contributed by atoms with Gasteiger partial charge in [-0.2, -0.15) is 0 Å². The summed E-state index contributed by atoms with van der Waals surface area (Å²) in [5.74, 6) is 0. The molecule has 0 aliphatic carbocycles. The van der Waals surface area contributed by atoms with Crippen LogP contribution in [0.4, 0.5) is 0 Å². The molecule has 0 rings (SSSR count). The van der Waals surface area contributed by atoms with Crippen LogP contribution in [-0.4, -0.2) is 6.04 Å². The van der Waals surface area contributed by atoms with Crippen LogP contribution in [0, 0.1) is 0 Å². The molecule has 1 atom stereocenters. The molecule has 0 aromatic carbocycles. The highest BCUT2D eigenvalue weighted by Gasteiger charge is 2.01. The van der Waals surface area contributed by atoms with Gasteiger partial charge in [0.1, 0.15) is 0 Å². The van der Waals surface area contributed by atoms with Crippen molar-refractivity contribution >= 4 is 0 Å². The lowest BCUT2D eigenvalue weighted by atomic mass is 10.0. The predicted molar refractivity (Wildman–Crippen MR) is 65.4 cm³/mol. The molecule has 0 bridgehead atoms. The molecule has 0 fully saturated rings. The summed E-state index contributed by atoms with van der Waals surface area (Å²) in [7, 11) is 0. The van der Waals surface area contributed by atoms with E-state index in [9.17, 15) is 0 Å². The largest absolute Gasteiger partial charge is 0.328 e. The summed E-state index contributed by atoms with van der Waals surface area (Å²) in [6.07, 6.45) is 10.1. The van der Waals surface area contributed by atoms with Crippen LogP contribution in [0.25, 0.3) is 0 Å². The zero-order chi connectivity index (χ0) is 10.8. The van der Waals surface area contributed by atoms with Crippen molar-refractivity contribution in [2.75, 3.05) is 0 Å². The molecule has 0 aliphatic heterocycles. The molecule has 0 aliphatic rings. The Morgan fingerprint density at radius 3 is 2.36 bits per heavy atom. The molecule has 0 spiro atoms. The summed E-state index contributed by atoms with van der Waals surface area (Å²) in [6, 6.07) is 0.397. The van der Waals surface area contributed by atoms with Crippen molar-refractivity contribution in [3.63, 3.8) is 0 Å². The van der Waals surface area contributed by atoms with Gasteiger partial charge in [-0.25, -0.2) is 0 Å². The van der Waals surface area contributed by atoms with Gasteiger partial charge in [0.2, 0.25) is 0 Å². The molecule has 0 aromatic heterocycles. The normalized spacial score (nSPS) is 12.8. The van der Waals surface area contributed by atoms with Crippen LogP contribution < -0.4 is 5.73 Å². The number of hydrogen-bond acceptors (Lipinski definition) is 1. The molecule has 0 amide bonds. The van der Waals surface area contributed by atoms with Gasteiger partial charge in [-0.1, -0.05) is 44.6 Å². The lowest BCUT2D eigenvalue weighted by Gasteiger charge is -2.10. The van der Waals surface area contributed by atoms with Crippen LogP contribution in [0.5, 0.6) is 0 Å². The summed E-state index contributed by atoms with van der Waals surface area (Å²) < 4.78 is 0. The fourth-order valence-corrected chi connectivity index (χ4v) is 1.59. The van der Waals surface area contributed by atoms with Crippen molar-refractivity contribution in [3.05, 3.63) is 12.2 Å². The summed E-state index contributed by atoms with van der Waals surface area (Å²) in [5, 5.41) is 0. The monoisotopic (exact) mass is 197 g/mol. The average molecular weight is 197 g/mol. The van der Waals surface area contributed by atoms with E-state index in [1.165, 1.54) is 44.1 Å². The maximum absolute atomic E-state index is 6.00. The number of unbranched alkanes of at least 4 members (excludes halogenated alkanes) is 4. The van der Waals surface area contributed by atoms with Crippen LogP contribution >= 0.6 is 0 Å². The second-order valence-corrected chi connectivity index (χ2v) is 4.46. The molecular formula is C13H27N. The minimum absolute atomic E-state index is 0.397. The number of allylic oxidation sites excluding steroid dienone is 1. The van der Waals surface area contributed by atoms with Crippen molar-refractivity contribution in [2.45, 2.75) is 71.3 Å². The average Bonchev–Trinajstić information content (AvgIpc) is 2.14. The van der Waals surface area contributed by atoms with Crippen molar-refractivity contribution in [1.82, 2.24) is 0 Å². The quantitative estimate of drug-likeness (QED) is 0.438. The van der Waals surface area contributed by atoms with Gasteiger partial charge in [-0.3, -0.25) is 0 Å². The van der Waals surface area contributed by atoms with Crippen LogP contribution in [0.1, 0.15) is 65.2 Å². The maximum atomic E-state index is 6.00. The van der Waals surface area contributed by atoms with Gasteiger partial charge >= 0.3 is 0 Å². The van der Waals surface area contributed by atoms with Crippen LogP contribution in [-0.2, 0) is 0 Å². The molecule has 84 valence electrons. The van der Waals surface area contributed by atoms with Gasteiger partial charge < -0.3 is 5.73 Å². The van der Waals surface area contributed by atoms with Gasteiger partial charge in [0.25, 0.3) is 0 Å². The van der Waals surface area contributed by atoms with Crippen LogP contribution in [0.3, 0.4) is 0 Å². The third kappa shape index (κ3) is 9.79. The Kier molecular flexibility index (Phi) is 9.06. The lowest BCUT2D eigenvalue weighted by Crippen LogP contribution is -2.19. The highest BCUT2D eigenvalue weighted by Crippen LogP contribution is 2.10. The van der Waals surface area contributed by atoms with Gasteiger partial charge in [-0.15, -0.1) is 6.58 Å². The molecule has 0 aromatic rings. The van der Waals surface area contributed by atoms with Crippen LogP contribution in [0.15, 0.2) is 12.2 Å². The van der Waals surface area contributed by atoms with Crippen molar-refractivity contribution in [1.29, 1.82) is 0 Å². The molecule has 0 heterocycles. The van der Waals surface area contributed by atoms with Gasteiger partial charge in [0.15, 0.2) is 0 Å². The number of hydrogen-bond donors (Lipinski definition) is 1. The first kappa shape index (κ1) is 13.7. The van der Waals surface area contributed by atoms with E-state index >= 15 is 0 Å². The minimum Gasteiger partial charge on any atom is -0.328 e. The molecule has 1 unspecified atom stereocenters. The molecule has 1 nitrogen and oxygen atoms in total. The summed E-state index contributed by atoms with van der Waals surface area (Å²) in [4.78, 5) is 0. The maximum Gasteiger partial charge on any atom is 0.00418 e. The van der Waals surface area contributed by atoms with Crippen LogP contribution in [0.2, 0.25) is 0 Å². The SMILES string of the molecule is C=C(C)CCC(N)CCCCCCC. The number of rotatable bonds is 9. The molecule has 14 heavy (non-hydrogen) atoms. The second kappa shape index (κ2) is 9.26. The zero-order valence-corrected chi connectivity index (χ0v) is 10.0. The third-order valence-corrected chi connectivity index (χ3v) is 2.62. The first-order chi connectivity index (χ1) is 6.66. The van der Waals surface area contributed by atoms with E-state index in [2.05, 4.69) is 20.4 Å². The highest BCUT2D eigenvalue weighted by atomic mass is 14.6. The fraction of sp³-hybridized carbons (Fsp3) is 0.846. The fourth-order valence-electron chi connectivity index (χ4n) is 1.59. The lowest BCUT2D eigenvalue weighted by molar-refractivity contribution is 0.516. The van der Waals surface area contributed by atoms with E-state index in [0.717, 1.165) is 12.8 Å². The standard InChI is InChI=1S/C13H27N/c1-4-5-6-7-8-9-13(14)11-10-12(2)3/h13H,2,4-11,14H2,1,3H3.